The summed E-state index contributed by atoms with van der Waals surface area (Å²) in [5, 5.41) is 0.797. The molecule has 4 rings (SSSR count). The zero-order chi connectivity index (χ0) is 18.3. The van der Waals surface area contributed by atoms with Gasteiger partial charge in [-0.2, -0.15) is 0 Å². The van der Waals surface area contributed by atoms with Crippen LogP contribution in [0.1, 0.15) is 44.2 Å². The predicted octanol–water partition coefficient (Wildman–Crippen LogP) is 4.85. The molecule has 134 valence electrons. The Hall–Kier alpha value is -2.59. The van der Waals surface area contributed by atoms with Gasteiger partial charge in [0.15, 0.2) is 0 Å². The van der Waals surface area contributed by atoms with E-state index in [9.17, 15) is 4.79 Å². The summed E-state index contributed by atoms with van der Waals surface area (Å²) in [5.41, 5.74) is 1.46. The van der Waals surface area contributed by atoms with E-state index in [1.807, 2.05) is 69.3 Å². The zero-order valence-electron chi connectivity index (χ0n) is 15.2. The maximum Gasteiger partial charge on any atom is 0.343 e. The summed E-state index contributed by atoms with van der Waals surface area (Å²) in [6, 6.07) is 17.4. The van der Waals surface area contributed by atoms with E-state index < -0.39 is 6.29 Å². The van der Waals surface area contributed by atoms with Gasteiger partial charge in [0.05, 0.1) is 16.6 Å². The van der Waals surface area contributed by atoms with E-state index in [4.69, 9.17) is 13.9 Å². The first-order valence-electron chi connectivity index (χ1n) is 8.87. The molecular weight excluding hydrogens is 328 g/mol. The van der Waals surface area contributed by atoms with Crippen LogP contribution in [0, 0.1) is 0 Å². The minimum absolute atomic E-state index is 0.131. The summed E-state index contributed by atoms with van der Waals surface area (Å²) in [7, 11) is 0. The minimum atomic E-state index is -0.432. The average molecular weight is 350 g/mol. The van der Waals surface area contributed by atoms with Crippen molar-refractivity contribution in [2.75, 3.05) is 0 Å². The van der Waals surface area contributed by atoms with Gasteiger partial charge >= 0.3 is 5.63 Å². The maximum atomic E-state index is 12.8. The van der Waals surface area contributed by atoms with Crippen molar-refractivity contribution in [3.63, 3.8) is 0 Å². The van der Waals surface area contributed by atoms with Gasteiger partial charge in [-0.05, 0) is 38.5 Å². The SMILES string of the molecule is CC(C)(C)O[C@H]1C[C@@H](c2ccccc2)c2c(c3ccccc3oc2=O)O1. The molecule has 3 aromatic rings. The molecule has 0 spiro atoms. The van der Waals surface area contributed by atoms with Crippen molar-refractivity contribution >= 4 is 11.0 Å². The van der Waals surface area contributed by atoms with Crippen LogP contribution in [0.25, 0.3) is 11.0 Å². The Kier molecular flexibility index (Phi) is 4.08. The van der Waals surface area contributed by atoms with Crippen LogP contribution < -0.4 is 10.4 Å². The lowest BCUT2D eigenvalue weighted by Crippen LogP contribution is -2.37. The van der Waals surface area contributed by atoms with Crippen LogP contribution in [-0.4, -0.2) is 11.9 Å². The lowest BCUT2D eigenvalue weighted by Gasteiger charge is -2.35. The van der Waals surface area contributed by atoms with Crippen LogP contribution in [0.2, 0.25) is 0 Å². The highest BCUT2D eigenvalue weighted by atomic mass is 16.7. The molecule has 0 N–H and O–H groups in total. The predicted molar refractivity (Wildman–Crippen MR) is 101 cm³/mol. The Morgan fingerprint density at radius 3 is 2.42 bits per heavy atom. The lowest BCUT2D eigenvalue weighted by atomic mass is 9.86. The highest BCUT2D eigenvalue weighted by Crippen LogP contribution is 2.43. The van der Waals surface area contributed by atoms with Gasteiger partial charge in [0, 0.05) is 12.3 Å². The van der Waals surface area contributed by atoms with Gasteiger partial charge in [-0.15, -0.1) is 0 Å². The molecule has 2 atom stereocenters. The molecule has 0 bridgehead atoms. The number of rotatable bonds is 2. The van der Waals surface area contributed by atoms with E-state index in [-0.39, 0.29) is 17.1 Å². The number of ether oxygens (including phenoxy) is 2. The monoisotopic (exact) mass is 350 g/mol. The van der Waals surface area contributed by atoms with Gasteiger partial charge in [0.25, 0.3) is 0 Å². The highest BCUT2D eigenvalue weighted by molar-refractivity contribution is 5.85. The van der Waals surface area contributed by atoms with Crippen molar-refractivity contribution in [2.45, 2.75) is 45.0 Å². The molecule has 0 radical (unpaired) electrons. The molecule has 4 heteroatoms. The molecule has 0 fully saturated rings. The number of benzene rings is 2. The maximum absolute atomic E-state index is 12.8. The van der Waals surface area contributed by atoms with E-state index in [2.05, 4.69) is 0 Å². The summed E-state index contributed by atoms with van der Waals surface area (Å²) in [6.07, 6.45) is 0.134. The quantitative estimate of drug-likeness (QED) is 0.620. The molecule has 0 unspecified atom stereocenters. The number of hydrogen-bond acceptors (Lipinski definition) is 4. The van der Waals surface area contributed by atoms with Gasteiger partial charge in [-0.1, -0.05) is 42.5 Å². The third kappa shape index (κ3) is 3.13. The third-order valence-corrected chi connectivity index (χ3v) is 4.51. The molecule has 2 heterocycles. The fraction of sp³-hybridized carbons (Fsp3) is 0.318. The van der Waals surface area contributed by atoms with Crippen LogP contribution in [0.15, 0.2) is 63.8 Å². The molecule has 1 aromatic heterocycles. The normalized spacial score (nSPS) is 19.8. The second-order valence-corrected chi connectivity index (χ2v) is 7.61. The van der Waals surface area contributed by atoms with Gasteiger partial charge in [-0.25, -0.2) is 4.79 Å². The van der Waals surface area contributed by atoms with Crippen LogP contribution in [0.5, 0.6) is 5.75 Å². The lowest BCUT2D eigenvalue weighted by molar-refractivity contribution is -0.159. The number of fused-ring (bicyclic) bond motifs is 3. The number of hydrogen-bond donors (Lipinski definition) is 0. The Bertz CT molecular complexity index is 982. The molecule has 1 aliphatic heterocycles. The first-order valence-corrected chi connectivity index (χ1v) is 8.87. The highest BCUT2D eigenvalue weighted by Gasteiger charge is 2.36. The molecular formula is C22H22O4. The summed E-state index contributed by atoms with van der Waals surface area (Å²) in [6.45, 7) is 6.00. The molecule has 0 amide bonds. The van der Waals surface area contributed by atoms with E-state index in [0.29, 0.717) is 23.3 Å². The molecule has 1 aliphatic rings. The first kappa shape index (κ1) is 16.9. The fourth-order valence-corrected chi connectivity index (χ4v) is 3.51. The zero-order valence-corrected chi connectivity index (χ0v) is 15.2. The second kappa shape index (κ2) is 6.29. The molecule has 26 heavy (non-hydrogen) atoms. The standard InChI is InChI=1S/C22H22O4/c1-22(2,3)26-18-13-16(14-9-5-4-6-10-14)19-20(25-18)15-11-7-8-12-17(15)24-21(19)23/h4-12,16,18H,13H2,1-3H3/t16-,18-/m0/s1. The van der Waals surface area contributed by atoms with Crippen molar-refractivity contribution in [2.24, 2.45) is 0 Å². The molecule has 0 saturated carbocycles. The Balaban J connectivity index is 1.91. The Morgan fingerprint density at radius 2 is 1.69 bits per heavy atom. The molecule has 2 aromatic carbocycles. The first-order chi connectivity index (χ1) is 12.4. The van der Waals surface area contributed by atoms with Crippen LogP contribution in [0.3, 0.4) is 0 Å². The topological polar surface area (TPSA) is 48.7 Å². The summed E-state index contributed by atoms with van der Waals surface area (Å²) in [5.74, 6) is 0.444. The number of para-hydroxylation sites is 1. The second-order valence-electron chi connectivity index (χ2n) is 7.61. The van der Waals surface area contributed by atoms with E-state index in [0.717, 1.165) is 10.9 Å². The molecule has 0 saturated heterocycles. The Labute approximate surface area is 152 Å². The van der Waals surface area contributed by atoms with Crippen molar-refractivity contribution < 1.29 is 13.9 Å². The fourth-order valence-electron chi connectivity index (χ4n) is 3.51. The van der Waals surface area contributed by atoms with Crippen LogP contribution >= 0.6 is 0 Å². The molecule has 4 nitrogen and oxygen atoms in total. The minimum Gasteiger partial charge on any atom is -0.464 e. The van der Waals surface area contributed by atoms with Crippen molar-refractivity contribution in [1.29, 1.82) is 0 Å². The van der Waals surface area contributed by atoms with Gasteiger partial charge in [-0.3, -0.25) is 0 Å². The van der Waals surface area contributed by atoms with E-state index >= 15 is 0 Å². The average Bonchev–Trinajstić information content (AvgIpc) is 2.60. The smallest absolute Gasteiger partial charge is 0.343 e. The molecule has 0 aliphatic carbocycles. The van der Waals surface area contributed by atoms with Crippen molar-refractivity contribution in [3.05, 3.63) is 76.1 Å². The van der Waals surface area contributed by atoms with Gasteiger partial charge < -0.3 is 13.9 Å². The third-order valence-electron chi connectivity index (χ3n) is 4.51. The van der Waals surface area contributed by atoms with Gasteiger partial charge in [0.2, 0.25) is 6.29 Å². The van der Waals surface area contributed by atoms with Crippen LogP contribution in [0.4, 0.5) is 0 Å². The van der Waals surface area contributed by atoms with E-state index in [1.54, 1.807) is 6.07 Å². The summed E-state index contributed by atoms with van der Waals surface area (Å²) in [4.78, 5) is 12.8. The summed E-state index contributed by atoms with van der Waals surface area (Å²) < 4.78 is 17.9. The van der Waals surface area contributed by atoms with Crippen LogP contribution in [-0.2, 0) is 4.74 Å². The van der Waals surface area contributed by atoms with Gasteiger partial charge in [0.1, 0.15) is 11.3 Å². The Morgan fingerprint density at radius 1 is 1.00 bits per heavy atom. The largest absolute Gasteiger partial charge is 0.464 e. The van der Waals surface area contributed by atoms with Crippen molar-refractivity contribution in [3.8, 4) is 5.75 Å². The summed E-state index contributed by atoms with van der Waals surface area (Å²) >= 11 is 0. The van der Waals surface area contributed by atoms with Crippen molar-refractivity contribution in [1.82, 2.24) is 0 Å². The van der Waals surface area contributed by atoms with E-state index in [1.165, 1.54) is 0 Å².